The molecule has 0 bridgehead atoms. The summed E-state index contributed by atoms with van der Waals surface area (Å²) in [4.78, 5) is 32.9. The minimum absolute atomic E-state index is 0.00186. The number of aromatic nitrogens is 6. The van der Waals surface area contributed by atoms with Gasteiger partial charge in [0.1, 0.15) is 38.3 Å². The maximum absolute atomic E-state index is 6.32. The summed E-state index contributed by atoms with van der Waals surface area (Å²) in [6, 6.07) is 153. The van der Waals surface area contributed by atoms with Crippen LogP contribution in [0.2, 0.25) is 0 Å². The molecular formula is C139H96N6O2S. The van der Waals surface area contributed by atoms with E-state index in [4.69, 9.17) is 38.7 Å². The molecule has 0 fully saturated rings. The second-order valence-electron chi connectivity index (χ2n) is 42.5. The van der Waals surface area contributed by atoms with Gasteiger partial charge in [0.05, 0.1) is 39.9 Å². The Morgan fingerprint density at radius 3 is 1.31 bits per heavy atom. The van der Waals surface area contributed by atoms with Crippen LogP contribution in [0, 0.1) is 0 Å². The molecule has 0 saturated carbocycles. The van der Waals surface area contributed by atoms with Crippen molar-refractivity contribution in [3.8, 4) is 157 Å². The summed E-state index contributed by atoms with van der Waals surface area (Å²) >= 11 is 1.69. The van der Waals surface area contributed by atoms with Crippen molar-refractivity contribution in [2.45, 2.75) is 83.5 Å². The predicted octanol–water partition coefficient (Wildman–Crippen LogP) is 36.9. The van der Waals surface area contributed by atoms with E-state index in [1.165, 1.54) is 165 Å². The molecule has 20 aromatic carbocycles. The molecule has 6 aromatic heterocycles. The Morgan fingerprint density at radius 1 is 0.216 bits per heavy atom. The molecular weight excluding hydrogens is 1820 g/mol. The van der Waals surface area contributed by atoms with E-state index in [1.807, 2.05) is 60.7 Å². The highest BCUT2D eigenvalue weighted by Crippen LogP contribution is 2.58. The molecule has 8 nitrogen and oxygen atoms in total. The summed E-state index contributed by atoms with van der Waals surface area (Å²) in [6.07, 6.45) is 0.806. The average molecular weight is 1910 g/mol. The number of hydrogen-bond acceptors (Lipinski definition) is 9. The van der Waals surface area contributed by atoms with Gasteiger partial charge in [-0.2, -0.15) is 0 Å². The number of para-hydroxylation sites is 2. The minimum Gasteiger partial charge on any atom is -0.456 e. The van der Waals surface area contributed by atoms with Crippen LogP contribution in [0.5, 0.6) is 0 Å². The molecule has 0 unspecified atom stereocenters. The fraction of sp³-hybridized carbons (Fsp3) is 0.0935. The fourth-order valence-corrected chi connectivity index (χ4v) is 26.1. The number of thiophene rings is 1. The largest absolute Gasteiger partial charge is 0.456 e. The quantitative estimate of drug-likeness (QED) is 0.141. The maximum Gasteiger partial charge on any atom is 0.246 e. The van der Waals surface area contributed by atoms with Gasteiger partial charge in [-0.05, 0) is 233 Å². The van der Waals surface area contributed by atoms with Crippen molar-refractivity contribution in [2.24, 2.45) is 0 Å². The Kier molecular flexibility index (Phi) is 19.3. The van der Waals surface area contributed by atoms with Gasteiger partial charge in [-0.15, -0.1) is 11.3 Å². The molecule has 31 rings (SSSR count). The van der Waals surface area contributed by atoms with Crippen LogP contribution in [0.15, 0.2) is 433 Å². The lowest BCUT2D eigenvalue weighted by molar-refractivity contribution is 0.653. The van der Waals surface area contributed by atoms with Crippen LogP contribution in [0.4, 0.5) is 0 Å². The van der Waals surface area contributed by atoms with Crippen molar-refractivity contribution in [1.29, 1.82) is 0 Å². The molecule has 5 aliphatic rings. The first kappa shape index (κ1) is 86.9. The lowest BCUT2D eigenvalue weighted by Gasteiger charge is -2.22. The van der Waals surface area contributed by atoms with E-state index < -0.39 is 0 Å². The van der Waals surface area contributed by atoms with E-state index in [9.17, 15) is 0 Å². The summed E-state index contributed by atoms with van der Waals surface area (Å²) < 4.78 is 13.6. The standard InChI is InChI=1S/C51H38N2.C47H30N2OS.C41H28N2O/c1-50(2)42-16-10-8-14-40(42)46-36-24-21-32(27-34(36)23-26-43(46)50)30-17-19-31(20-18-30)47-48(52-45-29-33-11-5-6-12-37(33)49(45)53-47)35-22-25-39-38-13-7-9-15-41(38)51(3,4)44(39)28-35;1-47(2)37-17-6-3-13-32(37)36-25-31-24-28(21-22-29(31)26-38(36)47)27-11-9-12-30(23-27)43-44(49-46-45(48-43)34-15-5-8-20-41(34)51-46)35-16-10-19-40-42(35)33-14-4-7-18-39(33)50-40;1-41(2)33-14-8-6-12-31(33)36-30-22-20-28(24-29(30)21-23-34(36)41)25-16-18-27(19-17-25)37-38(26-10-4-3-5-11-26)43-40-39(42-37)32-13-7-9-15-35(32)44-40/h5-28H,29H2,1-4H3;3-26H,1-2H3;3-24H,1-2H3. The molecule has 0 N–H and O–H groups in total. The minimum atomic E-state index is -0.0936. The van der Waals surface area contributed by atoms with Crippen molar-refractivity contribution in [3.63, 3.8) is 0 Å². The zero-order valence-electron chi connectivity index (χ0n) is 83.0. The van der Waals surface area contributed by atoms with E-state index in [0.717, 1.165) is 145 Å². The van der Waals surface area contributed by atoms with Gasteiger partial charge in [0.2, 0.25) is 5.71 Å². The second kappa shape index (κ2) is 32.9. The number of rotatable bonds is 9. The normalized spacial score (nSPS) is 14.0. The fourth-order valence-electron chi connectivity index (χ4n) is 25.1. The first-order valence-corrected chi connectivity index (χ1v) is 52.1. The molecule has 9 heteroatoms. The van der Waals surface area contributed by atoms with Gasteiger partial charge in [-0.3, -0.25) is 0 Å². The Balaban J connectivity index is 0.000000105. The highest BCUT2D eigenvalue weighted by Gasteiger charge is 2.41. The summed E-state index contributed by atoms with van der Waals surface area (Å²) in [5, 5.41) is 11.9. The lowest BCUT2D eigenvalue weighted by Crippen LogP contribution is -2.15. The first-order valence-electron chi connectivity index (χ1n) is 51.3. The molecule has 0 atom stereocenters. The van der Waals surface area contributed by atoms with E-state index in [0.29, 0.717) is 5.71 Å². The average Bonchev–Trinajstić information content (AvgIpc) is 1.60. The first-order chi connectivity index (χ1) is 72.3. The van der Waals surface area contributed by atoms with Gasteiger partial charge in [-0.25, -0.2) is 29.9 Å². The van der Waals surface area contributed by atoms with Crippen LogP contribution >= 0.6 is 11.3 Å². The Bertz CT molecular complexity index is 10200. The number of furan rings is 2. The number of benzene rings is 20. The van der Waals surface area contributed by atoms with Crippen LogP contribution in [-0.2, 0) is 28.1 Å². The third-order valence-corrected chi connectivity index (χ3v) is 33.8. The third-order valence-electron chi connectivity index (χ3n) is 32.7. The van der Waals surface area contributed by atoms with Gasteiger partial charge in [-0.1, -0.05) is 407 Å². The Morgan fingerprint density at radius 2 is 0.642 bits per heavy atom. The molecule has 5 aliphatic carbocycles. The van der Waals surface area contributed by atoms with Crippen molar-refractivity contribution in [2.75, 3.05) is 0 Å². The number of hydrogen-bond donors (Lipinski definition) is 0. The summed E-state index contributed by atoms with van der Waals surface area (Å²) in [7, 11) is 0. The number of nitrogens with zero attached hydrogens (tertiary/aromatic N) is 6. The Hall–Kier alpha value is -17.8. The third kappa shape index (κ3) is 13.5. The van der Waals surface area contributed by atoms with E-state index >= 15 is 0 Å². The monoisotopic (exact) mass is 1910 g/mol. The number of fused-ring (bicyclic) bond motifs is 29. The molecule has 0 radical (unpaired) electrons. The topological polar surface area (TPSA) is 104 Å². The molecule has 6 heterocycles. The summed E-state index contributed by atoms with van der Waals surface area (Å²) in [5.41, 5.74) is 49.8. The van der Waals surface area contributed by atoms with Crippen LogP contribution in [0.3, 0.4) is 0 Å². The van der Waals surface area contributed by atoms with Gasteiger partial charge in [0.15, 0.2) is 0 Å². The molecule has 0 saturated heterocycles. The zero-order valence-corrected chi connectivity index (χ0v) is 83.8. The van der Waals surface area contributed by atoms with Crippen molar-refractivity contribution < 1.29 is 8.83 Å². The molecule has 0 aliphatic heterocycles. The molecule has 26 aromatic rings. The maximum atomic E-state index is 6.32. The smallest absolute Gasteiger partial charge is 0.246 e. The van der Waals surface area contributed by atoms with E-state index in [1.54, 1.807) is 11.3 Å². The lowest BCUT2D eigenvalue weighted by atomic mass is 9.81. The van der Waals surface area contributed by atoms with Crippen molar-refractivity contribution in [1.82, 2.24) is 29.9 Å². The van der Waals surface area contributed by atoms with Gasteiger partial charge < -0.3 is 8.83 Å². The summed E-state index contributed by atoms with van der Waals surface area (Å²) in [5.74, 6) is 0. The molecule has 700 valence electrons. The Labute approximate surface area is 861 Å². The van der Waals surface area contributed by atoms with Crippen molar-refractivity contribution in [3.05, 3.63) is 480 Å². The molecule has 148 heavy (non-hydrogen) atoms. The SMILES string of the molecule is CC1(C)c2ccccc2-c2c1ccc1cc(-c3ccc(-c4nc5c(nc4-c4ccccc4)oc4ccccc45)cc3)ccc21.CC1(C)c2ccccc2-c2cc3cc(-c4cccc(-c5nc6c(nc5-c5cccc7oc8ccccc8c57)sc5ccccc56)c4)ccc3cc21.CC1(C)c2ccccc2-c2ccc(-c3nc4c(nc3-c3ccc(-c5ccc6c7c(ccc6c5)C(C)(C)c5ccccc5-7)cc3)-c3ccccc3C4)cc21. The van der Waals surface area contributed by atoms with Crippen LogP contribution in [0.25, 0.3) is 254 Å². The molecule has 0 amide bonds. The van der Waals surface area contributed by atoms with E-state index in [-0.39, 0.29) is 21.7 Å². The zero-order chi connectivity index (χ0) is 98.9. The van der Waals surface area contributed by atoms with E-state index in [2.05, 4.69) is 419 Å². The second-order valence-corrected chi connectivity index (χ2v) is 43.6. The van der Waals surface area contributed by atoms with Crippen LogP contribution in [0.1, 0.15) is 111 Å². The molecule has 0 spiro atoms. The highest BCUT2D eigenvalue weighted by atomic mass is 32.1. The van der Waals surface area contributed by atoms with Gasteiger partial charge in [0.25, 0.3) is 0 Å². The highest BCUT2D eigenvalue weighted by molar-refractivity contribution is 7.25. The van der Waals surface area contributed by atoms with Gasteiger partial charge >= 0.3 is 0 Å². The van der Waals surface area contributed by atoms with Gasteiger partial charge in [0, 0.05) is 93.3 Å². The van der Waals surface area contributed by atoms with Crippen LogP contribution < -0.4 is 0 Å². The van der Waals surface area contributed by atoms with Crippen LogP contribution in [-0.4, -0.2) is 29.9 Å². The summed E-state index contributed by atoms with van der Waals surface area (Å²) in [6.45, 7) is 18.7. The predicted molar refractivity (Wildman–Crippen MR) is 613 cm³/mol. The van der Waals surface area contributed by atoms with Crippen molar-refractivity contribution >= 4 is 108 Å².